The molecular formula is C20H15FN6OS. The van der Waals surface area contributed by atoms with Crippen molar-refractivity contribution in [1.82, 2.24) is 25.6 Å². The van der Waals surface area contributed by atoms with Crippen molar-refractivity contribution in [2.75, 3.05) is 5.75 Å². The number of carbonyl (C=O) groups excluding carboxylic acids is 1. The van der Waals surface area contributed by atoms with Crippen molar-refractivity contribution >= 4 is 34.7 Å². The first kappa shape index (κ1) is 18.8. The molecule has 1 aromatic heterocycles. The van der Waals surface area contributed by atoms with Crippen molar-refractivity contribution in [3.8, 4) is 5.69 Å². The number of amides is 1. The number of tetrazole rings is 1. The molecule has 1 amide bonds. The lowest BCUT2D eigenvalue weighted by molar-refractivity contribution is -0.118. The van der Waals surface area contributed by atoms with E-state index in [1.807, 2.05) is 42.5 Å². The molecule has 0 saturated carbocycles. The van der Waals surface area contributed by atoms with E-state index < -0.39 is 5.82 Å². The fraction of sp³-hybridized carbons (Fsp3) is 0.0500. The Labute approximate surface area is 169 Å². The van der Waals surface area contributed by atoms with Gasteiger partial charge in [0, 0.05) is 10.9 Å². The Morgan fingerprint density at radius 3 is 2.79 bits per heavy atom. The van der Waals surface area contributed by atoms with Crippen LogP contribution >= 0.6 is 11.8 Å². The van der Waals surface area contributed by atoms with Gasteiger partial charge in [0.05, 0.1) is 17.7 Å². The molecule has 1 N–H and O–H groups in total. The van der Waals surface area contributed by atoms with Crippen LogP contribution < -0.4 is 5.43 Å². The van der Waals surface area contributed by atoms with E-state index in [2.05, 4.69) is 26.1 Å². The molecule has 0 aliphatic rings. The van der Waals surface area contributed by atoms with Crippen LogP contribution in [0.25, 0.3) is 16.5 Å². The van der Waals surface area contributed by atoms with Gasteiger partial charge in [-0.15, -0.1) is 5.10 Å². The molecule has 1 heterocycles. The molecule has 0 radical (unpaired) electrons. The van der Waals surface area contributed by atoms with Crippen LogP contribution in [0.3, 0.4) is 0 Å². The summed E-state index contributed by atoms with van der Waals surface area (Å²) in [7, 11) is 0. The van der Waals surface area contributed by atoms with E-state index in [4.69, 9.17) is 0 Å². The summed E-state index contributed by atoms with van der Waals surface area (Å²) >= 11 is 1.18. The molecule has 0 spiro atoms. The SMILES string of the molecule is O=C(CSc1nnnn1-c1cccc2ccccc12)NN=Cc1ccccc1F. The average Bonchev–Trinajstić information content (AvgIpc) is 3.21. The quantitative estimate of drug-likeness (QED) is 0.302. The smallest absolute Gasteiger partial charge is 0.250 e. The van der Waals surface area contributed by atoms with E-state index in [0.29, 0.717) is 10.7 Å². The van der Waals surface area contributed by atoms with E-state index in [1.165, 1.54) is 24.0 Å². The van der Waals surface area contributed by atoms with Crippen LogP contribution in [-0.4, -0.2) is 38.1 Å². The molecular weight excluding hydrogens is 391 g/mol. The van der Waals surface area contributed by atoms with Gasteiger partial charge in [-0.05, 0) is 27.9 Å². The Hall–Kier alpha value is -3.59. The molecule has 0 aliphatic heterocycles. The minimum Gasteiger partial charge on any atom is -0.272 e. The van der Waals surface area contributed by atoms with E-state index in [1.54, 1.807) is 22.9 Å². The maximum atomic E-state index is 13.5. The molecule has 9 heteroatoms. The highest BCUT2D eigenvalue weighted by Crippen LogP contribution is 2.25. The highest BCUT2D eigenvalue weighted by Gasteiger charge is 2.13. The zero-order valence-electron chi connectivity index (χ0n) is 15.1. The monoisotopic (exact) mass is 406 g/mol. The largest absolute Gasteiger partial charge is 0.272 e. The van der Waals surface area contributed by atoms with E-state index in [0.717, 1.165) is 16.5 Å². The van der Waals surface area contributed by atoms with Gasteiger partial charge in [-0.1, -0.05) is 66.4 Å². The zero-order chi connectivity index (χ0) is 20.1. The molecule has 0 fully saturated rings. The molecule has 0 bridgehead atoms. The first-order chi connectivity index (χ1) is 14.2. The minimum absolute atomic E-state index is 0.0553. The zero-order valence-corrected chi connectivity index (χ0v) is 15.9. The number of hydrogen-bond donors (Lipinski definition) is 1. The molecule has 3 aromatic carbocycles. The van der Waals surface area contributed by atoms with Crippen LogP contribution in [0.15, 0.2) is 77.0 Å². The normalized spacial score (nSPS) is 11.2. The van der Waals surface area contributed by atoms with Crippen LogP contribution in [0.1, 0.15) is 5.56 Å². The fourth-order valence-corrected chi connectivity index (χ4v) is 3.41. The highest BCUT2D eigenvalue weighted by molar-refractivity contribution is 7.99. The van der Waals surface area contributed by atoms with Crippen molar-refractivity contribution in [2.45, 2.75) is 5.16 Å². The van der Waals surface area contributed by atoms with E-state index in [9.17, 15) is 9.18 Å². The average molecular weight is 406 g/mol. The van der Waals surface area contributed by atoms with Crippen LogP contribution in [-0.2, 0) is 4.79 Å². The topological polar surface area (TPSA) is 85.1 Å². The molecule has 0 unspecified atom stereocenters. The number of aromatic nitrogens is 4. The summed E-state index contributed by atoms with van der Waals surface area (Å²) in [5.74, 6) is -0.705. The first-order valence-electron chi connectivity index (χ1n) is 8.68. The fourth-order valence-electron chi connectivity index (χ4n) is 2.73. The number of hydrazone groups is 1. The molecule has 4 rings (SSSR count). The maximum Gasteiger partial charge on any atom is 0.250 e. The van der Waals surface area contributed by atoms with Crippen molar-refractivity contribution in [2.24, 2.45) is 5.10 Å². The lowest BCUT2D eigenvalue weighted by atomic mass is 10.1. The Kier molecular flexibility index (Phi) is 5.57. The highest BCUT2D eigenvalue weighted by atomic mass is 32.2. The number of fused-ring (bicyclic) bond motifs is 1. The second-order valence-corrected chi connectivity index (χ2v) is 6.92. The predicted octanol–water partition coefficient (Wildman–Crippen LogP) is 3.20. The number of carbonyl (C=O) groups is 1. The number of thioether (sulfide) groups is 1. The number of nitrogens with zero attached hydrogens (tertiary/aromatic N) is 5. The Morgan fingerprint density at radius 1 is 1.10 bits per heavy atom. The number of nitrogens with one attached hydrogen (secondary N) is 1. The first-order valence-corrected chi connectivity index (χ1v) is 9.67. The summed E-state index contributed by atoms with van der Waals surface area (Å²) in [6.07, 6.45) is 1.26. The van der Waals surface area contributed by atoms with Gasteiger partial charge in [0.25, 0.3) is 5.91 Å². The van der Waals surface area contributed by atoms with E-state index in [-0.39, 0.29) is 11.7 Å². The summed E-state index contributed by atoms with van der Waals surface area (Å²) in [4.78, 5) is 12.1. The van der Waals surface area contributed by atoms with Crippen LogP contribution in [0.4, 0.5) is 4.39 Å². The predicted molar refractivity (Wildman–Crippen MR) is 110 cm³/mol. The van der Waals surface area contributed by atoms with E-state index >= 15 is 0 Å². The molecule has 29 heavy (non-hydrogen) atoms. The lowest BCUT2D eigenvalue weighted by Gasteiger charge is -2.07. The third-order valence-electron chi connectivity index (χ3n) is 4.07. The molecule has 4 aromatic rings. The Bertz CT molecular complexity index is 1190. The van der Waals surface area contributed by atoms with Crippen molar-refractivity contribution < 1.29 is 9.18 Å². The second kappa shape index (κ2) is 8.61. The third-order valence-corrected chi connectivity index (χ3v) is 4.99. The number of hydrogen-bond acceptors (Lipinski definition) is 6. The van der Waals surface area contributed by atoms with Crippen LogP contribution in [0.5, 0.6) is 0 Å². The summed E-state index contributed by atoms with van der Waals surface area (Å²) in [5, 5.41) is 18.1. The van der Waals surface area contributed by atoms with Gasteiger partial charge in [0.1, 0.15) is 5.82 Å². The number of benzene rings is 3. The summed E-state index contributed by atoms with van der Waals surface area (Å²) in [6, 6.07) is 19.9. The minimum atomic E-state index is -0.408. The van der Waals surface area contributed by atoms with Crippen molar-refractivity contribution in [3.63, 3.8) is 0 Å². The third kappa shape index (κ3) is 4.30. The Morgan fingerprint density at radius 2 is 1.90 bits per heavy atom. The van der Waals surface area contributed by atoms with Gasteiger partial charge >= 0.3 is 0 Å². The van der Waals surface area contributed by atoms with Gasteiger partial charge in [-0.2, -0.15) is 9.78 Å². The number of rotatable bonds is 6. The van der Waals surface area contributed by atoms with Gasteiger partial charge in [0.2, 0.25) is 5.16 Å². The summed E-state index contributed by atoms with van der Waals surface area (Å²) < 4.78 is 15.1. The number of halogens is 1. The van der Waals surface area contributed by atoms with Gasteiger partial charge < -0.3 is 0 Å². The second-order valence-electron chi connectivity index (χ2n) is 5.97. The van der Waals surface area contributed by atoms with Gasteiger partial charge in [0.15, 0.2) is 0 Å². The van der Waals surface area contributed by atoms with Gasteiger partial charge in [-0.25, -0.2) is 9.82 Å². The van der Waals surface area contributed by atoms with Crippen LogP contribution in [0, 0.1) is 5.82 Å². The standard InChI is InChI=1S/C20H15FN6OS/c21-17-10-4-2-7-15(17)12-22-23-19(28)13-29-20-24-25-26-27(20)18-11-5-8-14-6-1-3-9-16(14)18/h1-12H,13H2,(H,23,28). The van der Waals surface area contributed by atoms with Gasteiger partial charge in [-0.3, -0.25) is 4.79 Å². The molecule has 7 nitrogen and oxygen atoms in total. The molecule has 144 valence electrons. The summed E-state index contributed by atoms with van der Waals surface area (Å²) in [5.41, 5.74) is 3.49. The van der Waals surface area contributed by atoms with Crippen LogP contribution in [0.2, 0.25) is 0 Å². The summed E-state index contributed by atoms with van der Waals surface area (Å²) in [6.45, 7) is 0. The Balaban J connectivity index is 1.43. The molecule has 0 aliphatic carbocycles. The maximum absolute atomic E-state index is 13.5. The van der Waals surface area contributed by atoms with Crippen molar-refractivity contribution in [1.29, 1.82) is 0 Å². The lowest BCUT2D eigenvalue weighted by Crippen LogP contribution is -2.20. The molecule has 0 saturated heterocycles. The van der Waals surface area contributed by atoms with Crippen molar-refractivity contribution in [3.05, 3.63) is 78.1 Å². The molecule has 0 atom stereocenters.